The minimum Gasteiger partial charge on any atom is -0.317 e. The van der Waals surface area contributed by atoms with Crippen LogP contribution in [0, 0.1) is 5.92 Å². The van der Waals surface area contributed by atoms with Crippen LogP contribution in [0.5, 0.6) is 0 Å². The van der Waals surface area contributed by atoms with Crippen molar-refractivity contribution in [3.8, 4) is 11.1 Å². The topological polar surface area (TPSA) is 49.4 Å². The lowest BCUT2D eigenvalue weighted by Gasteiger charge is -2.22. The molecular weight excluding hydrogens is 360 g/mol. The number of Topliss-reactive ketones (excluding diaryl/α,β-unsaturated/α-hetero) is 1. The molecule has 0 saturated carbocycles. The summed E-state index contributed by atoms with van der Waals surface area (Å²) in [5.74, 6) is 1.12. The van der Waals surface area contributed by atoms with E-state index < -0.39 is 0 Å². The Balaban J connectivity index is 1.41. The monoisotopic (exact) mass is 390 g/mol. The number of carbonyl (C=O) groups excluding carboxylic acids is 2. The Morgan fingerprint density at radius 2 is 1.76 bits per heavy atom. The van der Waals surface area contributed by atoms with Gasteiger partial charge in [0, 0.05) is 30.6 Å². The average molecular weight is 391 g/mol. The summed E-state index contributed by atoms with van der Waals surface area (Å²) in [6.45, 7) is 4.84. The third-order valence-electron chi connectivity index (χ3n) is 6.36. The van der Waals surface area contributed by atoms with Crippen molar-refractivity contribution in [1.29, 1.82) is 0 Å². The first-order valence-electron chi connectivity index (χ1n) is 10.9. The predicted octanol–water partition coefficient (Wildman–Crippen LogP) is 4.62. The first kappa shape index (κ1) is 19.8. The Hall–Kier alpha value is -2.46. The fourth-order valence-electron chi connectivity index (χ4n) is 4.53. The number of benzene rings is 2. The standard InChI is InChI=1S/C25H30N2O2/c1-2-25(29)27-16-13-22-17-21(8-9-23(22)27)19-4-6-20(7-5-19)24(28)10-3-18-11-14-26-15-12-18/h4-9,17-18,26H,2-3,10-16H2,1H3. The molecule has 29 heavy (non-hydrogen) atoms. The minimum absolute atomic E-state index is 0.184. The average Bonchev–Trinajstić information content (AvgIpc) is 3.21. The molecule has 1 amide bonds. The third-order valence-corrected chi connectivity index (χ3v) is 6.36. The highest BCUT2D eigenvalue weighted by molar-refractivity contribution is 5.97. The molecule has 0 spiro atoms. The van der Waals surface area contributed by atoms with E-state index in [9.17, 15) is 9.59 Å². The second-order valence-electron chi connectivity index (χ2n) is 8.22. The lowest BCUT2D eigenvalue weighted by molar-refractivity contribution is -0.118. The number of rotatable bonds is 6. The summed E-state index contributed by atoms with van der Waals surface area (Å²) >= 11 is 0. The molecule has 0 radical (unpaired) electrons. The fraction of sp³-hybridized carbons (Fsp3) is 0.440. The van der Waals surface area contributed by atoms with E-state index in [0.717, 1.165) is 54.9 Å². The maximum absolute atomic E-state index is 12.6. The molecule has 4 rings (SSSR count). The van der Waals surface area contributed by atoms with Gasteiger partial charge in [0.2, 0.25) is 5.91 Å². The molecule has 0 bridgehead atoms. The highest BCUT2D eigenvalue weighted by Crippen LogP contribution is 2.33. The van der Waals surface area contributed by atoms with Crippen LogP contribution in [-0.4, -0.2) is 31.3 Å². The van der Waals surface area contributed by atoms with Crippen molar-refractivity contribution in [3.63, 3.8) is 0 Å². The zero-order valence-electron chi connectivity index (χ0n) is 17.2. The fourth-order valence-corrected chi connectivity index (χ4v) is 4.53. The molecule has 152 valence electrons. The number of fused-ring (bicyclic) bond motifs is 1. The number of nitrogens with zero attached hydrogens (tertiary/aromatic N) is 1. The van der Waals surface area contributed by atoms with E-state index in [2.05, 4.69) is 23.5 Å². The highest BCUT2D eigenvalue weighted by atomic mass is 16.2. The van der Waals surface area contributed by atoms with E-state index in [1.54, 1.807) is 0 Å². The molecule has 1 N–H and O–H groups in total. The van der Waals surface area contributed by atoms with E-state index in [4.69, 9.17) is 0 Å². The summed E-state index contributed by atoms with van der Waals surface area (Å²) in [5.41, 5.74) is 5.34. The number of anilines is 1. The Morgan fingerprint density at radius 3 is 2.48 bits per heavy atom. The van der Waals surface area contributed by atoms with E-state index in [-0.39, 0.29) is 11.7 Å². The first-order chi connectivity index (χ1) is 14.2. The van der Waals surface area contributed by atoms with Crippen molar-refractivity contribution in [1.82, 2.24) is 5.32 Å². The van der Waals surface area contributed by atoms with Crippen molar-refractivity contribution in [3.05, 3.63) is 53.6 Å². The number of hydrogen-bond acceptors (Lipinski definition) is 3. The van der Waals surface area contributed by atoms with Crippen molar-refractivity contribution in [2.45, 2.75) is 45.4 Å². The molecule has 0 aromatic heterocycles. The molecule has 0 aliphatic carbocycles. The van der Waals surface area contributed by atoms with Crippen LogP contribution in [0.2, 0.25) is 0 Å². The van der Waals surface area contributed by atoms with Crippen LogP contribution in [0.1, 0.15) is 54.9 Å². The maximum Gasteiger partial charge on any atom is 0.226 e. The number of carbonyl (C=O) groups is 2. The number of amides is 1. The summed E-state index contributed by atoms with van der Waals surface area (Å²) in [4.78, 5) is 26.5. The minimum atomic E-state index is 0.184. The van der Waals surface area contributed by atoms with Gasteiger partial charge in [-0.15, -0.1) is 0 Å². The lowest BCUT2D eigenvalue weighted by atomic mass is 9.91. The highest BCUT2D eigenvalue weighted by Gasteiger charge is 2.23. The van der Waals surface area contributed by atoms with Crippen LogP contribution in [0.3, 0.4) is 0 Å². The summed E-state index contributed by atoms with van der Waals surface area (Å²) in [5, 5.41) is 3.38. The van der Waals surface area contributed by atoms with Gasteiger partial charge < -0.3 is 10.2 Å². The van der Waals surface area contributed by atoms with Crippen molar-refractivity contribution in [2.75, 3.05) is 24.5 Å². The zero-order valence-corrected chi connectivity index (χ0v) is 17.2. The second-order valence-corrected chi connectivity index (χ2v) is 8.22. The van der Waals surface area contributed by atoms with Gasteiger partial charge in [-0.05, 0) is 73.5 Å². The summed E-state index contributed by atoms with van der Waals surface area (Å²) in [6.07, 6.45) is 5.46. The molecule has 2 aliphatic rings. The van der Waals surface area contributed by atoms with Gasteiger partial charge in [0.05, 0.1) is 0 Å². The Kier molecular flexibility index (Phi) is 6.10. The van der Waals surface area contributed by atoms with Crippen LogP contribution in [-0.2, 0) is 11.2 Å². The second kappa shape index (κ2) is 8.91. The molecule has 1 saturated heterocycles. The van der Waals surface area contributed by atoms with Gasteiger partial charge in [0.25, 0.3) is 0 Å². The lowest BCUT2D eigenvalue weighted by Crippen LogP contribution is -2.27. The molecule has 0 atom stereocenters. The van der Waals surface area contributed by atoms with Crippen LogP contribution in [0.25, 0.3) is 11.1 Å². The SMILES string of the molecule is CCC(=O)N1CCc2cc(-c3ccc(C(=O)CCC4CCNCC4)cc3)ccc21. The molecule has 2 aromatic rings. The van der Waals surface area contributed by atoms with Crippen molar-refractivity contribution < 1.29 is 9.59 Å². The molecule has 1 fully saturated rings. The van der Waals surface area contributed by atoms with Gasteiger partial charge in [-0.3, -0.25) is 9.59 Å². The van der Waals surface area contributed by atoms with E-state index in [1.807, 2.05) is 36.1 Å². The normalized spacial score (nSPS) is 16.7. The Bertz CT molecular complexity index is 882. The Labute approximate surface area is 173 Å². The van der Waals surface area contributed by atoms with Gasteiger partial charge in [-0.2, -0.15) is 0 Å². The quantitative estimate of drug-likeness (QED) is 0.733. The largest absolute Gasteiger partial charge is 0.317 e. The van der Waals surface area contributed by atoms with Gasteiger partial charge in [-0.1, -0.05) is 37.3 Å². The zero-order chi connectivity index (χ0) is 20.2. The number of ketones is 1. The molecule has 2 heterocycles. The predicted molar refractivity (Wildman–Crippen MR) is 117 cm³/mol. The van der Waals surface area contributed by atoms with Gasteiger partial charge in [0.1, 0.15) is 0 Å². The molecule has 2 aromatic carbocycles. The van der Waals surface area contributed by atoms with E-state index in [0.29, 0.717) is 18.8 Å². The number of hydrogen-bond donors (Lipinski definition) is 1. The van der Waals surface area contributed by atoms with Crippen LogP contribution >= 0.6 is 0 Å². The molecule has 4 heteroatoms. The van der Waals surface area contributed by atoms with Gasteiger partial charge in [0.15, 0.2) is 5.78 Å². The summed E-state index contributed by atoms with van der Waals surface area (Å²) in [7, 11) is 0. The van der Waals surface area contributed by atoms with Gasteiger partial charge >= 0.3 is 0 Å². The molecular formula is C25H30N2O2. The molecule has 4 nitrogen and oxygen atoms in total. The molecule has 2 aliphatic heterocycles. The third kappa shape index (κ3) is 4.43. The van der Waals surface area contributed by atoms with Crippen molar-refractivity contribution >= 4 is 17.4 Å². The van der Waals surface area contributed by atoms with Crippen LogP contribution < -0.4 is 10.2 Å². The maximum atomic E-state index is 12.6. The van der Waals surface area contributed by atoms with E-state index >= 15 is 0 Å². The van der Waals surface area contributed by atoms with E-state index in [1.165, 1.54) is 18.4 Å². The summed E-state index contributed by atoms with van der Waals surface area (Å²) in [6, 6.07) is 14.3. The van der Waals surface area contributed by atoms with Crippen molar-refractivity contribution in [2.24, 2.45) is 5.92 Å². The van der Waals surface area contributed by atoms with Crippen LogP contribution in [0.15, 0.2) is 42.5 Å². The number of piperidine rings is 1. The van der Waals surface area contributed by atoms with Gasteiger partial charge in [-0.25, -0.2) is 0 Å². The smallest absolute Gasteiger partial charge is 0.226 e. The number of nitrogens with one attached hydrogen (secondary N) is 1. The first-order valence-corrected chi connectivity index (χ1v) is 10.9. The summed E-state index contributed by atoms with van der Waals surface area (Å²) < 4.78 is 0. The van der Waals surface area contributed by atoms with Crippen LogP contribution in [0.4, 0.5) is 5.69 Å². The Morgan fingerprint density at radius 1 is 1.03 bits per heavy atom. The molecule has 0 unspecified atom stereocenters.